The van der Waals surface area contributed by atoms with Crippen molar-refractivity contribution in [2.24, 2.45) is 5.92 Å². The fraction of sp³-hybridized carbons (Fsp3) is 0.773. The van der Waals surface area contributed by atoms with Crippen molar-refractivity contribution in [2.45, 2.75) is 84.5 Å². The minimum absolute atomic E-state index is 0.265. The largest absolute Gasteiger partial charge is 0.484 e. The van der Waals surface area contributed by atoms with Crippen LogP contribution in [0.5, 0.6) is 5.06 Å². The van der Waals surface area contributed by atoms with Crippen LogP contribution in [-0.4, -0.2) is 30.7 Å². The van der Waals surface area contributed by atoms with Gasteiger partial charge in [0.05, 0.1) is 12.2 Å². The molecule has 0 spiro atoms. The molecule has 1 aromatic heterocycles. The highest BCUT2D eigenvalue weighted by Gasteiger charge is 2.20. The predicted octanol–water partition coefficient (Wildman–Crippen LogP) is 6.46. The van der Waals surface area contributed by atoms with Crippen molar-refractivity contribution in [2.75, 3.05) is 19.7 Å². The molecule has 0 N–H and O–H groups in total. The van der Waals surface area contributed by atoms with Gasteiger partial charge in [0.1, 0.15) is 0 Å². The third-order valence-corrected chi connectivity index (χ3v) is 6.10. The number of nitrogens with zero attached hydrogens (tertiary/aromatic N) is 1. The first kappa shape index (κ1) is 22.2. The van der Waals surface area contributed by atoms with E-state index in [-0.39, 0.29) is 5.97 Å². The van der Waals surface area contributed by atoms with Gasteiger partial charge in [0.15, 0.2) is 5.06 Å². The Morgan fingerprint density at radius 2 is 1.70 bits per heavy atom. The van der Waals surface area contributed by atoms with Gasteiger partial charge >= 0.3 is 5.97 Å². The van der Waals surface area contributed by atoms with Crippen molar-refractivity contribution < 1.29 is 14.4 Å². The third kappa shape index (κ3) is 9.11. The van der Waals surface area contributed by atoms with Crippen molar-refractivity contribution in [1.82, 2.24) is 5.06 Å². The van der Waals surface area contributed by atoms with E-state index in [1.807, 2.05) is 11.4 Å². The Balaban J connectivity index is 1.53. The van der Waals surface area contributed by atoms with E-state index in [0.717, 1.165) is 49.9 Å². The molecule has 0 aliphatic carbocycles. The number of hydroxylamine groups is 2. The molecule has 0 saturated carbocycles. The van der Waals surface area contributed by atoms with Crippen molar-refractivity contribution in [3.05, 3.63) is 17.0 Å². The molecule has 0 unspecified atom stereocenters. The summed E-state index contributed by atoms with van der Waals surface area (Å²) in [7, 11) is 0. The van der Waals surface area contributed by atoms with Crippen LogP contribution < -0.4 is 4.74 Å². The van der Waals surface area contributed by atoms with Crippen LogP contribution in [0.25, 0.3) is 0 Å². The molecular weight excluding hydrogens is 358 g/mol. The molecule has 1 aliphatic rings. The molecule has 0 aromatic carbocycles. The van der Waals surface area contributed by atoms with Gasteiger partial charge in [-0.3, -0.25) is 0 Å². The predicted molar refractivity (Wildman–Crippen MR) is 112 cm³/mol. The van der Waals surface area contributed by atoms with Crippen molar-refractivity contribution >= 4 is 17.3 Å². The molecule has 4 nitrogen and oxygen atoms in total. The summed E-state index contributed by atoms with van der Waals surface area (Å²) in [6.07, 6.45) is 14.0. The van der Waals surface area contributed by atoms with Crippen LogP contribution in [0.1, 0.15) is 94.8 Å². The fourth-order valence-corrected chi connectivity index (χ4v) is 4.08. The first-order chi connectivity index (χ1) is 13.2. The van der Waals surface area contributed by atoms with Gasteiger partial charge in [-0.15, -0.1) is 16.4 Å². The number of ether oxygens (including phenoxy) is 1. The number of thiophene rings is 1. The molecule has 154 valence electrons. The van der Waals surface area contributed by atoms with Crippen molar-refractivity contribution in [1.29, 1.82) is 0 Å². The lowest BCUT2D eigenvalue weighted by atomic mass is 10.0. The molecule has 0 radical (unpaired) electrons. The molecule has 27 heavy (non-hydrogen) atoms. The second kappa shape index (κ2) is 13.2. The van der Waals surface area contributed by atoms with Gasteiger partial charge in [0.25, 0.3) is 0 Å². The lowest BCUT2D eigenvalue weighted by molar-refractivity contribution is -0.125. The standard InChI is InChI=1S/C22H37NO3S/c1-3-4-5-6-7-8-9-10-11-16-25-21-17-20(18-27-21)22(24)26-23-14-12-19(2)13-15-23/h17-19H,3-16H2,1-2H3. The molecular formula is C22H37NO3S. The van der Waals surface area contributed by atoms with Crippen LogP contribution in [0.3, 0.4) is 0 Å². The number of hydrogen-bond acceptors (Lipinski definition) is 5. The maximum Gasteiger partial charge on any atom is 0.358 e. The molecule has 1 saturated heterocycles. The summed E-state index contributed by atoms with van der Waals surface area (Å²) in [5.41, 5.74) is 0.598. The van der Waals surface area contributed by atoms with Gasteiger partial charge in [-0.1, -0.05) is 65.2 Å². The highest BCUT2D eigenvalue weighted by Crippen LogP contribution is 2.25. The summed E-state index contributed by atoms with van der Waals surface area (Å²) in [4.78, 5) is 17.7. The number of unbranched alkanes of at least 4 members (excludes halogenated alkanes) is 8. The van der Waals surface area contributed by atoms with E-state index in [0.29, 0.717) is 5.56 Å². The molecule has 1 aliphatic heterocycles. The highest BCUT2D eigenvalue weighted by atomic mass is 32.1. The lowest BCUT2D eigenvalue weighted by Crippen LogP contribution is -2.34. The zero-order chi connectivity index (χ0) is 19.3. The normalized spacial score (nSPS) is 15.8. The zero-order valence-corrected chi connectivity index (χ0v) is 18.0. The summed E-state index contributed by atoms with van der Waals surface area (Å²) >= 11 is 1.48. The number of hydrogen-bond donors (Lipinski definition) is 0. The molecule has 2 heterocycles. The Morgan fingerprint density at radius 1 is 1.07 bits per heavy atom. The molecule has 2 rings (SSSR count). The summed E-state index contributed by atoms with van der Waals surface area (Å²) < 4.78 is 5.80. The molecule has 0 atom stereocenters. The summed E-state index contributed by atoms with van der Waals surface area (Å²) in [6.45, 7) is 6.90. The molecule has 1 fully saturated rings. The van der Waals surface area contributed by atoms with E-state index in [1.165, 1.54) is 62.7 Å². The highest BCUT2D eigenvalue weighted by molar-refractivity contribution is 7.12. The maximum absolute atomic E-state index is 12.2. The van der Waals surface area contributed by atoms with E-state index in [1.54, 1.807) is 5.06 Å². The van der Waals surface area contributed by atoms with Crippen LogP contribution in [0.15, 0.2) is 11.4 Å². The van der Waals surface area contributed by atoms with Crippen LogP contribution in [0.4, 0.5) is 0 Å². The van der Waals surface area contributed by atoms with Gasteiger partial charge in [0, 0.05) is 24.5 Å². The quantitative estimate of drug-likeness (QED) is 0.359. The summed E-state index contributed by atoms with van der Waals surface area (Å²) in [6, 6.07) is 1.81. The topological polar surface area (TPSA) is 38.8 Å². The molecule has 5 heteroatoms. The zero-order valence-electron chi connectivity index (χ0n) is 17.2. The van der Waals surface area contributed by atoms with Crippen LogP contribution >= 0.6 is 11.3 Å². The van der Waals surface area contributed by atoms with Crippen molar-refractivity contribution in [3.63, 3.8) is 0 Å². The van der Waals surface area contributed by atoms with Crippen LogP contribution in [0.2, 0.25) is 0 Å². The Bertz CT molecular complexity index is 523. The van der Waals surface area contributed by atoms with Crippen LogP contribution in [-0.2, 0) is 4.84 Å². The van der Waals surface area contributed by atoms with Crippen LogP contribution in [0, 0.1) is 5.92 Å². The second-order valence-corrected chi connectivity index (χ2v) is 8.70. The smallest absolute Gasteiger partial charge is 0.358 e. The number of carbonyl (C=O) groups excluding carboxylic acids is 1. The minimum atomic E-state index is -0.265. The van der Waals surface area contributed by atoms with E-state index in [2.05, 4.69) is 13.8 Å². The van der Waals surface area contributed by atoms with E-state index in [4.69, 9.17) is 9.57 Å². The monoisotopic (exact) mass is 395 g/mol. The van der Waals surface area contributed by atoms with Crippen molar-refractivity contribution in [3.8, 4) is 5.06 Å². The van der Waals surface area contributed by atoms with Gasteiger partial charge < -0.3 is 9.57 Å². The average Bonchev–Trinajstić information content (AvgIpc) is 3.14. The van der Waals surface area contributed by atoms with Gasteiger partial charge in [-0.05, 0) is 25.2 Å². The SMILES string of the molecule is CCCCCCCCCCCOc1cc(C(=O)ON2CCC(C)CC2)cs1. The summed E-state index contributed by atoms with van der Waals surface area (Å²) in [5.74, 6) is 0.459. The molecule has 0 amide bonds. The Labute approximate surface area is 169 Å². The van der Waals surface area contributed by atoms with Gasteiger partial charge in [-0.25, -0.2) is 4.79 Å². The first-order valence-electron chi connectivity index (χ1n) is 10.9. The Hall–Kier alpha value is -1.07. The second-order valence-electron chi connectivity index (χ2n) is 7.82. The molecule has 1 aromatic rings. The fourth-order valence-electron chi connectivity index (χ4n) is 3.33. The minimum Gasteiger partial charge on any atom is -0.484 e. The third-order valence-electron chi connectivity index (χ3n) is 5.26. The Kier molecular flexibility index (Phi) is 10.8. The maximum atomic E-state index is 12.2. The first-order valence-corrected chi connectivity index (χ1v) is 11.8. The van der Waals surface area contributed by atoms with E-state index in [9.17, 15) is 4.79 Å². The van der Waals surface area contributed by atoms with Gasteiger partial charge in [-0.2, -0.15) is 0 Å². The van der Waals surface area contributed by atoms with E-state index >= 15 is 0 Å². The summed E-state index contributed by atoms with van der Waals surface area (Å²) in [5, 5.41) is 4.44. The average molecular weight is 396 g/mol. The number of carbonyl (C=O) groups is 1. The number of piperidine rings is 1. The Morgan fingerprint density at radius 3 is 2.37 bits per heavy atom. The molecule has 0 bridgehead atoms. The lowest BCUT2D eigenvalue weighted by Gasteiger charge is -2.28. The van der Waals surface area contributed by atoms with E-state index < -0.39 is 0 Å². The number of rotatable bonds is 13. The van der Waals surface area contributed by atoms with Gasteiger partial charge in [0.2, 0.25) is 0 Å².